The van der Waals surface area contributed by atoms with Gasteiger partial charge >= 0.3 is 0 Å². The number of rotatable bonds is 2. The molecule has 0 N–H and O–H groups in total. The van der Waals surface area contributed by atoms with Gasteiger partial charge in [-0.1, -0.05) is 103 Å². The Morgan fingerprint density at radius 3 is 2.19 bits per heavy atom. The van der Waals surface area contributed by atoms with Gasteiger partial charge in [0.15, 0.2) is 0 Å². The van der Waals surface area contributed by atoms with Crippen LogP contribution in [0.1, 0.15) is 27.8 Å². The van der Waals surface area contributed by atoms with Crippen molar-refractivity contribution in [3.05, 3.63) is 192 Å². The number of nitrogens with zero attached hydrogens (tertiary/aromatic N) is 3. The van der Waals surface area contributed by atoms with Crippen LogP contribution in [0.4, 0.5) is 0 Å². The quantitative estimate of drug-likeness (QED) is 0.183. The van der Waals surface area contributed by atoms with Gasteiger partial charge in [0.1, 0.15) is 11.2 Å². The molecule has 0 saturated heterocycles. The second-order valence-electron chi connectivity index (χ2n) is 14.2. The second-order valence-corrected chi connectivity index (χ2v) is 14.2. The average Bonchev–Trinajstić information content (AvgIpc) is 3.87. The molecule has 2 aliphatic rings. The number of hydrogen-bond donors (Lipinski definition) is 0. The predicted molar refractivity (Wildman–Crippen MR) is 212 cm³/mol. The van der Waals surface area contributed by atoms with Crippen LogP contribution in [0.2, 0.25) is 0 Å². The van der Waals surface area contributed by atoms with Crippen molar-refractivity contribution in [3.63, 3.8) is 0 Å². The minimum absolute atomic E-state index is 0.575. The monoisotopic (exact) mass is 673 g/mol. The van der Waals surface area contributed by atoms with Crippen molar-refractivity contribution in [2.45, 2.75) is 5.41 Å². The molecule has 1 aliphatic carbocycles. The number of pyridine rings is 1. The van der Waals surface area contributed by atoms with Crippen LogP contribution < -0.4 is 0 Å². The molecule has 4 nitrogen and oxygen atoms in total. The van der Waals surface area contributed by atoms with E-state index in [0.29, 0.717) is 5.56 Å². The van der Waals surface area contributed by atoms with Crippen molar-refractivity contribution in [1.82, 2.24) is 9.55 Å². The first-order valence-corrected chi connectivity index (χ1v) is 17.9. The highest BCUT2D eigenvalue weighted by atomic mass is 16.3. The van der Waals surface area contributed by atoms with Crippen LogP contribution in [0.15, 0.2) is 168 Å². The molecule has 7 aromatic carbocycles. The maximum atomic E-state index is 9.44. The Kier molecular flexibility index (Phi) is 5.47. The van der Waals surface area contributed by atoms with Crippen LogP contribution in [0.3, 0.4) is 0 Å². The van der Waals surface area contributed by atoms with E-state index in [1.807, 2.05) is 48.8 Å². The topological polar surface area (TPSA) is 54.8 Å². The minimum Gasteiger partial charge on any atom is -0.455 e. The van der Waals surface area contributed by atoms with Gasteiger partial charge in [-0.15, -0.1) is 0 Å². The molecule has 0 bridgehead atoms. The fraction of sp³-hybridized carbons (Fsp3) is 0.0204. The lowest BCUT2D eigenvalue weighted by Crippen LogP contribution is -2.33. The third kappa shape index (κ3) is 3.56. The number of para-hydroxylation sites is 2. The number of aromatic nitrogens is 2. The zero-order chi connectivity index (χ0) is 34.8. The van der Waals surface area contributed by atoms with Gasteiger partial charge in [-0.2, -0.15) is 5.26 Å². The molecule has 3 aromatic heterocycles. The smallest absolute Gasteiger partial charge is 0.145 e. The highest BCUT2D eigenvalue weighted by Gasteiger charge is 2.51. The summed E-state index contributed by atoms with van der Waals surface area (Å²) in [4.78, 5) is 4.48. The van der Waals surface area contributed by atoms with Crippen LogP contribution in [0.5, 0.6) is 0 Å². The van der Waals surface area contributed by atoms with Crippen LogP contribution in [-0.2, 0) is 5.41 Å². The molecule has 4 heterocycles. The SMILES string of the molecule is N#Cc1ccc(-c2ccc3c(c2)-c2ccccc2[C@]32c3ccc(-c4cccnc4)cc3-n3c4ccc5c6ccccc6oc5c4c4cccc2c43)cc1. The van der Waals surface area contributed by atoms with Crippen LogP contribution in [-0.4, -0.2) is 9.55 Å². The van der Waals surface area contributed by atoms with Crippen molar-refractivity contribution in [3.8, 4) is 45.1 Å². The fourth-order valence-corrected chi connectivity index (χ4v) is 9.56. The van der Waals surface area contributed by atoms with Gasteiger partial charge in [0.2, 0.25) is 0 Å². The van der Waals surface area contributed by atoms with Crippen molar-refractivity contribution in [2.75, 3.05) is 0 Å². The standard InChI is InChI=1S/C49H27N3O/c50-27-29-14-16-30(17-15-29)31-18-21-40-38(25-31)34-8-1-3-11-39(34)49(40)41-22-19-32(33-7-6-24-51-28-33)26-44(41)52-43-23-20-36-35-9-2-4-13-45(35)53-48(36)46(43)37-10-5-12-42(49)47(37)52/h1-26,28H/t49-/m1/s1. The summed E-state index contributed by atoms with van der Waals surface area (Å²) in [6.45, 7) is 0. The molecular formula is C49H27N3O. The first kappa shape index (κ1) is 28.5. The molecule has 1 spiro atoms. The van der Waals surface area contributed by atoms with E-state index in [2.05, 4.69) is 131 Å². The molecule has 0 amide bonds. The summed E-state index contributed by atoms with van der Waals surface area (Å²) in [5.74, 6) is 0. The highest BCUT2D eigenvalue weighted by Crippen LogP contribution is 2.62. The Bertz CT molecular complexity index is 3230. The maximum Gasteiger partial charge on any atom is 0.145 e. The summed E-state index contributed by atoms with van der Waals surface area (Å²) in [5.41, 5.74) is 17.3. The second kappa shape index (κ2) is 10.2. The zero-order valence-corrected chi connectivity index (χ0v) is 28.3. The van der Waals surface area contributed by atoms with E-state index < -0.39 is 5.41 Å². The number of furan rings is 1. The van der Waals surface area contributed by atoms with Crippen molar-refractivity contribution in [2.24, 2.45) is 0 Å². The van der Waals surface area contributed by atoms with Gasteiger partial charge in [-0.25, -0.2) is 0 Å². The van der Waals surface area contributed by atoms with Crippen molar-refractivity contribution in [1.29, 1.82) is 5.26 Å². The third-order valence-corrected chi connectivity index (χ3v) is 11.7. The highest BCUT2D eigenvalue weighted by molar-refractivity contribution is 6.25. The minimum atomic E-state index is -0.575. The number of hydrogen-bond acceptors (Lipinski definition) is 3. The summed E-state index contributed by atoms with van der Waals surface area (Å²) < 4.78 is 9.22. The summed E-state index contributed by atoms with van der Waals surface area (Å²) in [7, 11) is 0. The predicted octanol–water partition coefficient (Wildman–Crippen LogP) is 12.0. The van der Waals surface area contributed by atoms with Gasteiger partial charge in [0.25, 0.3) is 0 Å². The molecule has 1 atom stereocenters. The van der Waals surface area contributed by atoms with E-state index in [-0.39, 0.29) is 0 Å². The molecule has 10 aromatic rings. The van der Waals surface area contributed by atoms with Gasteiger partial charge in [0, 0.05) is 34.1 Å². The Morgan fingerprint density at radius 1 is 0.566 bits per heavy atom. The van der Waals surface area contributed by atoms with Crippen LogP contribution in [0.25, 0.3) is 82.8 Å². The van der Waals surface area contributed by atoms with E-state index in [9.17, 15) is 5.26 Å². The van der Waals surface area contributed by atoms with E-state index in [0.717, 1.165) is 60.8 Å². The summed E-state index contributed by atoms with van der Waals surface area (Å²) >= 11 is 0. The molecule has 1 aliphatic heterocycles. The molecule has 0 unspecified atom stereocenters. The lowest BCUT2D eigenvalue weighted by Gasteiger charge is -2.39. The Labute approximate surface area is 304 Å². The first-order valence-electron chi connectivity index (χ1n) is 17.9. The Morgan fingerprint density at radius 2 is 1.32 bits per heavy atom. The third-order valence-electron chi connectivity index (χ3n) is 11.7. The summed E-state index contributed by atoms with van der Waals surface area (Å²) in [6.07, 6.45) is 3.77. The maximum absolute atomic E-state index is 9.44. The van der Waals surface area contributed by atoms with E-state index >= 15 is 0 Å². The molecule has 53 heavy (non-hydrogen) atoms. The number of benzene rings is 7. The number of fused-ring (bicyclic) bond motifs is 16. The lowest BCUT2D eigenvalue weighted by molar-refractivity contribution is 0.673. The summed E-state index contributed by atoms with van der Waals surface area (Å²) in [6, 6.07) is 56.8. The molecule has 0 fully saturated rings. The molecule has 244 valence electrons. The largest absolute Gasteiger partial charge is 0.455 e. The Hall–Kier alpha value is -7.22. The number of nitriles is 1. The molecule has 0 saturated carbocycles. The van der Waals surface area contributed by atoms with Gasteiger partial charge in [0.05, 0.1) is 39.2 Å². The molecular weight excluding hydrogens is 647 g/mol. The van der Waals surface area contributed by atoms with E-state index in [1.165, 1.54) is 44.3 Å². The van der Waals surface area contributed by atoms with Crippen molar-refractivity contribution < 1.29 is 4.42 Å². The zero-order valence-electron chi connectivity index (χ0n) is 28.3. The van der Waals surface area contributed by atoms with Gasteiger partial charge in [-0.05, 0) is 98.6 Å². The van der Waals surface area contributed by atoms with Crippen LogP contribution in [0, 0.1) is 11.3 Å². The average molecular weight is 674 g/mol. The normalized spacial score (nSPS) is 15.2. The molecule has 12 rings (SSSR count). The fourth-order valence-electron chi connectivity index (χ4n) is 9.56. The van der Waals surface area contributed by atoms with Crippen LogP contribution >= 0.6 is 0 Å². The van der Waals surface area contributed by atoms with Crippen molar-refractivity contribution >= 4 is 43.7 Å². The summed E-state index contributed by atoms with van der Waals surface area (Å²) in [5, 5.41) is 14.0. The molecule has 0 radical (unpaired) electrons. The van der Waals surface area contributed by atoms with Gasteiger partial charge in [-0.3, -0.25) is 4.98 Å². The lowest BCUT2D eigenvalue weighted by atomic mass is 9.65. The first-order chi connectivity index (χ1) is 26.2. The molecule has 4 heteroatoms. The van der Waals surface area contributed by atoms with Gasteiger partial charge < -0.3 is 8.98 Å². The van der Waals surface area contributed by atoms with E-state index in [1.54, 1.807) is 0 Å². The van der Waals surface area contributed by atoms with E-state index in [4.69, 9.17) is 4.42 Å². The Balaban J connectivity index is 1.24.